The molecule has 0 saturated carbocycles. The van der Waals surface area contributed by atoms with Crippen molar-refractivity contribution in [3.05, 3.63) is 155 Å². The number of nitrogens with zero attached hydrogens (tertiary/aromatic N) is 6. The number of carboxylic acids is 1. The van der Waals surface area contributed by atoms with Crippen LogP contribution >= 0.6 is 0 Å². The number of fused-ring (bicyclic) bond motifs is 2. The average Bonchev–Trinajstić information content (AvgIpc) is 3.77. The molecule has 64 heavy (non-hydrogen) atoms. The first-order valence-electron chi connectivity index (χ1n) is 19.8. The molecule has 14 heteroatoms. The number of pyridine rings is 4. The van der Waals surface area contributed by atoms with E-state index in [-0.39, 0.29) is 11.4 Å². The second-order valence-corrected chi connectivity index (χ2v) is 17.0. The van der Waals surface area contributed by atoms with Crippen LogP contribution in [0.25, 0.3) is 44.1 Å². The normalized spacial score (nSPS) is 11.0. The third-order valence-electron chi connectivity index (χ3n) is 10.4. The summed E-state index contributed by atoms with van der Waals surface area (Å²) < 4.78 is 38.8. The van der Waals surface area contributed by atoms with Crippen molar-refractivity contribution in [1.82, 2.24) is 29.1 Å². The van der Waals surface area contributed by atoms with Crippen molar-refractivity contribution >= 4 is 43.4 Å². The molecule has 0 aliphatic heterocycles. The highest BCUT2D eigenvalue weighted by Crippen LogP contribution is 2.41. The van der Waals surface area contributed by atoms with E-state index in [1.54, 1.807) is 59.7 Å². The number of aryl methyl sites for hydroxylation is 2. The van der Waals surface area contributed by atoms with Crippen LogP contribution in [0.1, 0.15) is 54.6 Å². The predicted molar refractivity (Wildman–Crippen MR) is 246 cm³/mol. The van der Waals surface area contributed by atoms with E-state index in [4.69, 9.17) is 22.3 Å². The quantitative estimate of drug-likeness (QED) is 0.0939. The Morgan fingerprint density at radius 1 is 0.656 bits per heavy atom. The van der Waals surface area contributed by atoms with Crippen molar-refractivity contribution in [2.45, 2.75) is 26.9 Å². The van der Waals surface area contributed by atoms with Crippen molar-refractivity contribution in [1.29, 1.82) is 0 Å². The number of Topliss-reactive ketones (excluding diaryl/α,β-unsaturated/α-hetero) is 1. The minimum Gasteiger partial charge on any atom is -0.481 e. The monoisotopic (exact) mass is 870 g/mol. The molecule has 320 valence electrons. The number of carbonyl (C=O) groups is 2. The molecule has 6 heterocycles. The number of aromatic carboxylic acids is 1. The maximum absolute atomic E-state index is 13.5. The SMILES string of the molecule is C#Cc1ccc2c(c1)c(-c1cccnc1OC)c(C(=O)CS(C)(=O)=O)n2Cc1ccnc(C)c1.C#Cc1ccc2c(c1)c(-c1cccnc1OC)c(C(=O)O)n2Cc1ccnc(C)c1. The summed E-state index contributed by atoms with van der Waals surface area (Å²) in [6.07, 6.45) is 18.9. The molecular weight excluding hydrogens is 829 g/mol. The van der Waals surface area contributed by atoms with Crippen LogP contribution in [-0.4, -0.2) is 80.6 Å². The second kappa shape index (κ2) is 18.5. The number of benzene rings is 2. The standard InChI is InChI=1S/C26H23N3O4S.C24H19N3O3/c1-5-18-8-9-22-21(14-18)24(20-7-6-11-28-26(20)33-3)25(23(30)16-34(4,31)32)29(22)15-19-10-12-27-17(2)13-19;1-4-16-7-8-20-19(13-16)21(18-6-5-10-26-23(18)30-3)22(24(28)29)27(20)14-17-9-11-25-15(2)12-17/h1,6-14H,15-16H2,2-4H3;1,5-13H,14H2,2-3H3,(H,28,29). The molecule has 1 N–H and O–H groups in total. The lowest BCUT2D eigenvalue weighted by Gasteiger charge is -2.13. The smallest absolute Gasteiger partial charge is 0.353 e. The van der Waals surface area contributed by atoms with Gasteiger partial charge in [-0.3, -0.25) is 14.8 Å². The van der Waals surface area contributed by atoms with Crippen molar-refractivity contribution in [3.8, 4) is 58.7 Å². The van der Waals surface area contributed by atoms with Gasteiger partial charge in [-0.2, -0.15) is 0 Å². The Morgan fingerprint density at radius 3 is 1.52 bits per heavy atom. The van der Waals surface area contributed by atoms with Gasteiger partial charge in [-0.25, -0.2) is 23.2 Å². The van der Waals surface area contributed by atoms with Crippen LogP contribution in [0.15, 0.2) is 110 Å². The highest BCUT2D eigenvalue weighted by molar-refractivity contribution is 7.91. The van der Waals surface area contributed by atoms with Crippen molar-refractivity contribution in [2.24, 2.45) is 0 Å². The number of aromatic nitrogens is 6. The lowest BCUT2D eigenvalue weighted by Crippen LogP contribution is -2.19. The minimum atomic E-state index is -3.58. The number of carboxylic acid groups (broad SMARTS) is 1. The van der Waals surface area contributed by atoms with E-state index in [2.05, 4.69) is 31.8 Å². The van der Waals surface area contributed by atoms with Crippen molar-refractivity contribution in [2.75, 3.05) is 26.2 Å². The first-order chi connectivity index (χ1) is 30.7. The average molecular weight is 871 g/mol. The molecule has 0 aliphatic carbocycles. The summed E-state index contributed by atoms with van der Waals surface area (Å²) in [5.41, 5.74) is 9.04. The Balaban J connectivity index is 0.000000193. The molecule has 0 amide bonds. The van der Waals surface area contributed by atoms with Crippen LogP contribution in [0.3, 0.4) is 0 Å². The molecular formula is C50H42N6O7S. The third kappa shape index (κ3) is 9.09. The van der Waals surface area contributed by atoms with Gasteiger partial charge in [0.1, 0.15) is 11.4 Å². The summed E-state index contributed by atoms with van der Waals surface area (Å²) in [5.74, 6) is 3.75. The number of rotatable bonds is 12. The van der Waals surface area contributed by atoms with Gasteiger partial charge in [0.05, 0.1) is 19.9 Å². The zero-order chi connectivity index (χ0) is 45.7. The fraction of sp³-hybridized carbons (Fsp3) is 0.160. The number of hydrogen-bond acceptors (Lipinski definition) is 10. The van der Waals surface area contributed by atoms with Gasteiger partial charge < -0.3 is 23.7 Å². The Bertz CT molecular complexity index is 3320. The summed E-state index contributed by atoms with van der Waals surface area (Å²) in [5, 5.41) is 11.6. The van der Waals surface area contributed by atoms with E-state index in [1.165, 1.54) is 14.2 Å². The van der Waals surface area contributed by atoms with E-state index in [0.717, 1.165) is 45.2 Å². The summed E-state index contributed by atoms with van der Waals surface area (Å²) in [6, 6.07) is 25.7. The highest BCUT2D eigenvalue weighted by Gasteiger charge is 2.29. The zero-order valence-corrected chi connectivity index (χ0v) is 36.5. The summed E-state index contributed by atoms with van der Waals surface area (Å²) in [7, 11) is -0.577. The van der Waals surface area contributed by atoms with Gasteiger partial charge in [-0.1, -0.05) is 11.8 Å². The summed E-state index contributed by atoms with van der Waals surface area (Å²) in [4.78, 5) is 43.0. The number of methoxy groups -OCH3 is 2. The van der Waals surface area contributed by atoms with Crippen LogP contribution in [0, 0.1) is 38.5 Å². The molecule has 6 aromatic heterocycles. The Labute approximate surface area is 370 Å². The van der Waals surface area contributed by atoms with E-state index < -0.39 is 27.3 Å². The van der Waals surface area contributed by atoms with Crippen LogP contribution in [0.4, 0.5) is 0 Å². The van der Waals surface area contributed by atoms with Crippen LogP contribution in [-0.2, 0) is 22.9 Å². The number of terminal acetylenes is 2. The van der Waals surface area contributed by atoms with Crippen molar-refractivity contribution < 1.29 is 32.6 Å². The number of hydrogen-bond donors (Lipinski definition) is 1. The maximum atomic E-state index is 13.5. The molecule has 0 saturated heterocycles. The van der Waals surface area contributed by atoms with Crippen LogP contribution in [0.5, 0.6) is 11.8 Å². The van der Waals surface area contributed by atoms with E-state index >= 15 is 0 Å². The number of sulfone groups is 1. The van der Waals surface area contributed by atoms with E-state index in [1.807, 2.05) is 73.0 Å². The fourth-order valence-corrected chi connectivity index (χ4v) is 8.45. The minimum absolute atomic E-state index is 0.153. The van der Waals surface area contributed by atoms with E-state index in [9.17, 15) is 23.1 Å². The lowest BCUT2D eigenvalue weighted by molar-refractivity contribution is 0.0687. The molecule has 2 aromatic carbocycles. The molecule has 0 fully saturated rings. The first kappa shape index (κ1) is 44.0. The van der Waals surface area contributed by atoms with Gasteiger partial charge in [-0.05, 0) is 110 Å². The number of carbonyl (C=O) groups excluding carboxylic acids is 1. The highest BCUT2D eigenvalue weighted by atomic mass is 32.2. The molecule has 0 bridgehead atoms. The van der Waals surface area contributed by atoms with Gasteiger partial charge in [-0.15, -0.1) is 12.8 Å². The van der Waals surface area contributed by atoms with Gasteiger partial charge in [0, 0.05) is 111 Å². The van der Waals surface area contributed by atoms with Gasteiger partial charge in [0.2, 0.25) is 11.8 Å². The third-order valence-corrected chi connectivity index (χ3v) is 11.2. The Morgan fingerprint density at radius 2 is 1.11 bits per heavy atom. The van der Waals surface area contributed by atoms with Gasteiger partial charge in [0.25, 0.3) is 0 Å². The first-order valence-corrected chi connectivity index (χ1v) is 21.8. The topological polar surface area (TPSA) is 168 Å². The largest absolute Gasteiger partial charge is 0.481 e. The van der Waals surface area contributed by atoms with Gasteiger partial charge in [0.15, 0.2) is 15.6 Å². The molecule has 8 aromatic rings. The molecule has 13 nitrogen and oxygen atoms in total. The fourth-order valence-electron chi connectivity index (χ4n) is 7.84. The van der Waals surface area contributed by atoms with Crippen LogP contribution in [0.2, 0.25) is 0 Å². The number of ketones is 1. The van der Waals surface area contributed by atoms with Gasteiger partial charge >= 0.3 is 5.97 Å². The summed E-state index contributed by atoms with van der Waals surface area (Å²) >= 11 is 0. The van der Waals surface area contributed by atoms with E-state index in [0.29, 0.717) is 63.6 Å². The van der Waals surface area contributed by atoms with Crippen molar-refractivity contribution in [3.63, 3.8) is 0 Å². The molecule has 0 radical (unpaired) electrons. The molecule has 8 rings (SSSR count). The lowest BCUT2D eigenvalue weighted by atomic mass is 10.00. The molecule has 0 spiro atoms. The summed E-state index contributed by atoms with van der Waals surface area (Å²) in [6.45, 7) is 4.50. The maximum Gasteiger partial charge on any atom is 0.353 e. The molecule has 0 unspecified atom stereocenters. The molecule has 0 aliphatic rings. The number of ether oxygens (including phenoxy) is 2. The Hall–Kier alpha value is -8.07. The zero-order valence-electron chi connectivity index (χ0n) is 35.7. The van der Waals surface area contributed by atoms with Crippen LogP contribution < -0.4 is 9.47 Å². The predicted octanol–water partition coefficient (Wildman–Crippen LogP) is 7.82. The molecule has 0 atom stereocenters. The Kier molecular flexibility index (Phi) is 12.7. The second-order valence-electron chi connectivity index (χ2n) is 14.9.